The smallest absolute Gasteiger partial charge is 0.329 e. The summed E-state index contributed by atoms with van der Waals surface area (Å²) < 4.78 is 0. The lowest BCUT2D eigenvalue weighted by Gasteiger charge is -2.07. The third kappa shape index (κ3) is 15.3. The van der Waals surface area contributed by atoms with Gasteiger partial charge < -0.3 is 10.8 Å². The standard InChI is InChI=1S/C23H38N2O2S/c1-18(2)8-6-9-20(5)10-7-11-21(13-12-19(3)4)14-15-28-16-22(23(26)27)25-17-24/h8,10,12,14,17,22H,6-7,9,11,13,15-16H2,1-5H3,(H2,24,25)(H,26,27). The highest BCUT2D eigenvalue weighted by Gasteiger charge is 2.14. The summed E-state index contributed by atoms with van der Waals surface area (Å²) in [5.74, 6) is 0.287. The van der Waals surface area contributed by atoms with Crippen LogP contribution in [0.4, 0.5) is 0 Å². The van der Waals surface area contributed by atoms with E-state index >= 15 is 0 Å². The van der Waals surface area contributed by atoms with Crippen molar-refractivity contribution in [2.75, 3.05) is 11.5 Å². The van der Waals surface area contributed by atoms with Gasteiger partial charge in [0.1, 0.15) is 0 Å². The van der Waals surface area contributed by atoms with E-state index < -0.39 is 12.0 Å². The molecule has 0 aromatic rings. The second-order valence-electron chi connectivity index (χ2n) is 7.45. The Hall–Kier alpha value is -1.75. The first-order chi connectivity index (χ1) is 13.3. The summed E-state index contributed by atoms with van der Waals surface area (Å²) in [6, 6.07) is -0.768. The predicted octanol–water partition coefficient (Wildman–Crippen LogP) is 5.92. The van der Waals surface area contributed by atoms with Crippen molar-refractivity contribution in [1.82, 2.24) is 0 Å². The summed E-state index contributed by atoms with van der Waals surface area (Å²) in [6.07, 6.45) is 15.5. The van der Waals surface area contributed by atoms with Crippen LogP contribution in [0.5, 0.6) is 0 Å². The average Bonchev–Trinajstić information content (AvgIpc) is 2.60. The number of carboxylic acid groups (broad SMARTS) is 1. The van der Waals surface area contributed by atoms with E-state index in [9.17, 15) is 4.79 Å². The highest BCUT2D eigenvalue weighted by Crippen LogP contribution is 2.17. The van der Waals surface area contributed by atoms with Gasteiger partial charge in [0.25, 0.3) is 0 Å². The Balaban J connectivity index is 4.63. The van der Waals surface area contributed by atoms with Gasteiger partial charge in [0.05, 0.1) is 6.34 Å². The van der Waals surface area contributed by atoms with Gasteiger partial charge in [0.2, 0.25) is 0 Å². The lowest BCUT2D eigenvalue weighted by atomic mass is 10.0. The van der Waals surface area contributed by atoms with Gasteiger partial charge >= 0.3 is 5.97 Å². The number of hydrogen-bond acceptors (Lipinski definition) is 3. The summed E-state index contributed by atoms with van der Waals surface area (Å²) in [7, 11) is 0. The van der Waals surface area contributed by atoms with Crippen LogP contribution in [0.15, 0.2) is 51.6 Å². The molecular formula is C23H38N2O2S. The Bertz CT molecular complexity index is 608. The van der Waals surface area contributed by atoms with E-state index in [0.717, 1.165) is 44.2 Å². The number of rotatable bonds is 14. The lowest BCUT2D eigenvalue weighted by Crippen LogP contribution is -2.21. The first-order valence-corrected chi connectivity index (χ1v) is 11.1. The molecule has 1 atom stereocenters. The molecule has 0 aromatic heterocycles. The van der Waals surface area contributed by atoms with Crippen molar-refractivity contribution in [3.05, 3.63) is 46.6 Å². The van der Waals surface area contributed by atoms with Crippen LogP contribution in [0.2, 0.25) is 0 Å². The highest BCUT2D eigenvalue weighted by molar-refractivity contribution is 7.99. The molecule has 0 bridgehead atoms. The van der Waals surface area contributed by atoms with Crippen molar-refractivity contribution >= 4 is 24.1 Å². The normalized spacial score (nSPS) is 13.5. The van der Waals surface area contributed by atoms with Crippen molar-refractivity contribution in [1.29, 1.82) is 0 Å². The van der Waals surface area contributed by atoms with Gasteiger partial charge in [0.15, 0.2) is 6.04 Å². The summed E-state index contributed by atoms with van der Waals surface area (Å²) in [5, 5.41) is 9.10. The van der Waals surface area contributed by atoms with Crippen LogP contribution < -0.4 is 5.73 Å². The zero-order valence-corrected chi connectivity index (χ0v) is 19.0. The number of carboxylic acids is 1. The molecule has 0 fully saturated rings. The van der Waals surface area contributed by atoms with Crippen LogP contribution >= 0.6 is 11.8 Å². The quantitative estimate of drug-likeness (QED) is 0.163. The van der Waals surface area contributed by atoms with E-state index in [0.29, 0.717) is 5.75 Å². The number of carbonyl (C=O) groups is 1. The van der Waals surface area contributed by atoms with E-state index in [4.69, 9.17) is 10.8 Å². The molecule has 0 aliphatic heterocycles. The van der Waals surface area contributed by atoms with Crippen LogP contribution in [-0.4, -0.2) is 35.0 Å². The van der Waals surface area contributed by atoms with Crippen LogP contribution in [0.3, 0.4) is 0 Å². The summed E-state index contributed by atoms with van der Waals surface area (Å²) in [6.45, 7) is 10.7. The molecule has 28 heavy (non-hydrogen) atoms. The molecule has 0 aromatic carbocycles. The van der Waals surface area contributed by atoms with Gasteiger partial charge in [0, 0.05) is 11.5 Å². The molecule has 0 aliphatic carbocycles. The molecule has 3 N–H and O–H groups in total. The van der Waals surface area contributed by atoms with E-state index in [1.165, 1.54) is 22.3 Å². The number of hydrogen-bond donors (Lipinski definition) is 2. The Kier molecular flexibility index (Phi) is 15.2. The number of nitrogens with zero attached hydrogens (tertiary/aromatic N) is 1. The van der Waals surface area contributed by atoms with Crippen molar-refractivity contribution < 1.29 is 9.90 Å². The molecular weight excluding hydrogens is 368 g/mol. The van der Waals surface area contributed by atoms with Crippen molar-refractivity contribution in [3.63, 3.8) is 0 Å². The third-order valence-electron chi connectivity index (χ3n) is 4.14. The SMILES string of the molecule is CC(C)=CCCC(C)=CCCC(=CCSCC(N=CN)C(=O)O)CC=C(C)C. The molecule has 5 heteroatoms. The second kappa shape index (κ2) is 16.2. The molecule has 158 valence electrons. The maximum Gasteiger partial charge on any atom is 0.329 e. The maximum absolute atomic E-state index is 11.1. The van der Waals surface area contributed by atoms with E-state index in [-0.39, 0.29) is 0 Å². The third-order valence-corrected chi connectivity index (χ3v) is 5.09. The molecule has 0 heterocycles. The monoisotopic (exact) mass is 406 g/mol. The first-order valence-electron chi connectivity index (χ1n) is 9.90. The van der Waals surface area contributed by atoms with Crippen LogP contribution in [-0.2, 0) is 4.79 Å². The number of thioether (sulfide) groups is 1. The topological polar surface area (TPSA) is 75.7 Å². The zero-order valence-electron chi connectivity index (χ0n) is 18.2. The highest BCUT2D eigenvalue weighted by atomic mass is 32.2. The summed E-state index contributed by atoms with van der Waals surface area (Å²) >= 11 is 1.58. The van der Waals surface area contributed by atoms with E-state index in [2.05, 4.69) is 63.9 Å². The summed E-state index contributed by atoms with van der Waals surface area (Å²) in [4.78, 5) is 14.9. The van der Waals surface area contributed by atoms with Gasteiger partial charge in [-0.05, 0) is 66.7 Å². The van der Waals surface area contributed by atoms with Gasteiger partial charge in [-0.15, -0.1) is 0 Å². The van der Waals surface area contributed by atoms with Gasteiger partial charge in [-0.1, -0.05) is 46.6 Å². The minimum atomic E-state index is -0.934. The minimum absolute atomic E-state index is 0.429. The Labute approximate surface area is 175 Å². The van der Waals surface area contributed by atoms with Crippen LogP contribution in [0, 0.1) is 0 Å². The first kappa shape index (κ1) is 26.2. The Morgan fingerprint density at radius 1 is 1.00 bits per heavy atom. The molecule has 4 nitrogen and oxygen atoms in total. The predicted molar refractivity (Wildman–Crippen MR) is 125 cm³/mol. The molecule has 0 saturated carbocycles. The van der Waals surface area contributed by atoms with E-state index in [1.54, 1.807) is 11.8 Å². The number of allylic oxidation sites excluding steroid dienone is 7. The van der Waals surface area contributed by atoms with Gasteiger partial charge in [-0.2, -0.15) is 11.8 Å². The Morgan fingerprint density at radius 2 is 1.64 bits per heavy atom. The van der Waals surface area contributed by atoms with Crippen molar-refractivity contribution in [2.24, 2.45) is 10.7 Å². The number of aliphatic imine (C=N–C) groups is 1. The fourth-order valence-electron chi connectivity index (χ4n) is 2.46. The molecule has 1 unspecified atom stereocenters. The molecule has 0 rings (SSSR count). The van der Waals surface area contributed by atoms with Crippen LogP contribution in [0.1, 0.15) is 66.7 Å². The largest absolute Gasteiger partial charge is 0.480 e. The fourth-order valence-corrected chi connectivity index (χ4v) is 3.40. The average molecular weight is 407 g/mol. The Morgan fingerprint density at radius 3 is 2.21 bits per heavy atom. The van der Waals surface area contributed by atoms with Crippen molar-refractivity contribution in [3.8, 4) is 0 Å². The summed E-state index contributed by atoms with van der Waals surface area (Å²) in [5.41, 5.74) is 10.8. The number of aliphatic carboxylic acids is 1. The fraction of sp³-hybridized carbons (Fsp3) is 0.565. The van der Waals surface area contributed by atoms with E-state index in [1.807, 2.05) is 0 Å². The molecule has 0 radical (unpaired) electrons. The molecule has 0 aliphatic rings. The van der Waals surface area contributed by atoms with Gasteiger partial charge in [-0.3, -0.25) is 4.99 Å². The molecule has 0 saturated heterocycles. The maximum atomic E-state index is 11.1. The zero-order chi connectivity index (χ0) is 21.4. The van der Waals surface area contributed by atoms with Gasteiger partial charge in [-0.25, -0.2) is 4.79 Å². The second-order valence-corrected chi connectivity index (χ2v) is 8.52. The molecule has 0 spiro atoms. The lowest BCUT2D eigenvalue weighted by molar-refractivity contribution is -0.137. The van der Waals surface area contributed by atoms with Crippen LogP contribution in [0.25, 0.3) is 0 Å². The van der Waals surface area contributed by atoms with Crippen molar-refractivity contribution in [2.45, 2.75) is 72.8 Å². The minimum Gasteiger partial charge on any atom is -0.480 e. The number of nitrogens with two attached hydrogens (primary N) is 1. The molecule has 0 amide bonds.